The van der Waals surface area contributed by atoms with E-state index >= 15 is 0 Å². The number of nitro groups is 1. The first-order valence-electron chi connectivity index (χ1n) is 13.0. The zero-order valence-corrected chi connectivity index (χ0v) is 23.2. The number of fused-ring (bicyclic) bond motifs is 1. The predicted molar refractivity (Wildman–Crippen MR) is 152 cm³/mol. The summed E-state index contributed by atoms with van der Waals surface area (Å²) in [6.07, 6.45) is 1.85. The summed E-state index contributed by atoms with van der Waals surface area (Å²) in [6, 6.07) is 24.0. The number of rotatable bonds is 8. The zero-order chi connectivity index (χ0) is 26.0. The highest BCUT2D eigenvalue weighted by atomic mass is 28.4. The molecule has 3 aromatic rings. The Morgan fingerprint density at radius 3 is 1.94 bits per heavy atom. The Hall–Kier alpha value is -3.18. The van der Waals surface area contributed by atoms with Gasteiger partial charge in [-0.3, -0.25) is 10.1 Å². The van der Waals surface area contributed by atoms with Crippen LogP contribution in [0, 0.1) is 10.1 Å². The smallest absolute Gasteiger partial charge is 0.269 e. The van der Waals surface area contributed by atoms with Crippen LogP contribution in [-0.4, -0.2) is 13.2 Å². The second-order valence-electron chi connectivity index (χ2n) is 10.8. The molecular weight excluding hydrogens is 462 g/mol. The van der Waals surface area contributed by atoms with Gasteiger partial charge >= 0.3 is 0 Å². The molecule has 0 fully saturated rings. The number of nitrogens with zero attached hydrogens (tertiary/aromatic N) is 1. The lowest BCUT2D eigenvalue weighted by Crippen LogP contribution is -2.50. The lowest BCUT2D eigenvalue weighted by molar-refractivity contribution is -0.384. The van der Waals surface area contributed by atoms with Crippen LogP contribution < -0.4 is 4.43 Å². The van der Waals surface area contributed by atoms with Crippen LogP contribution in [0.1, 0.15) is 70.2 Å². The van der Waals surface area contributed by atoms with Crippen molar-refractivity contribution >= 4 is 25.2 Å². The molecule has 0 radical (unpaired) electrons. The summed E-state index contributed by atoms with van der Waals surface area (Å²) in [7, 11) is -2.05. The Kier molecular flexibility index (Phi) is 7.50. The highest BCUT2D eigenvalue weighted by Crippen LogP contribution is 2.45. The van der Waals surface area contributed by atoms with Crippen LogP contribution in [-0.2, 0) is 6.42 Å². The van der Waals surface area contributed by atoms with E-state index in [9.17, 15) is 10.1 Å². The quantitative estimate of drug-likeness (QED) is 0.176. The van der Waals surface area contributed by atoms with Crippen molar-refractivity contribution in [3.8, 4) is 5.75 Å². The molecular formula is C31H37NO3Si. The van der Waals surface area contributed by atoms with Crippen molar-refractivity contribution in [2.45, 2.75) is 71.0 Å². The van der Waals surface area contributed by atoms with Gasteiger partial charge < -0.3 is 4.43 Å². The molecule has 0 spiro atoms. The van der Waals surface area contributed by atoms with Crippen molar-refractivity contribution < 1.29 is 9.35 Å². The van der Waals surface area contributed by atoms with E-state index in [0.29, 0.717) is 16.6 Å². The highest BCUT2D eigenvalue weighted by molar-refractivity contribution is 6.78. The van der Waals surface area contributed by atoms with Gasteiger partial charge in [0.1, 0.15) is 5.75 Å². The number of aryl methyl sites for hydroxylation is 1. The highest BCUT2D eigenvalue weighted by Gasteiger charge is 2.47. The summed E-state index contributed by atoms with van der Waals surface area (Å²) < 4.78 is 6.99. The summed E-state index contributed by atoms with van der Waals surface area (Å²) >= 11 is 0. The van der Waals surface area contributed by atoms with Crippen molar-refractivity contribution in [1.82, 2.24) is 0 Å². The van der Waals surface area contributed by atoms with Crippen LogP contribution in [0.3, 0.4) is 0 Å². The topological polar surface area (TPSA) is 52.4 Å². The molecule has 0 atom stereocenters. The maximum atomic E-state index is 11.3. The van der Waals surface area contributed by atoms with E-state index in [1.54, 1.807) is 12.1 Å². The maximum Gasteiger partial charge on any atom is 0.269 e. The van der Waals surface area contributed by atoms with Crippen molar-refractivity contribution in [2.24, 2.45) is 0 Å². The van der Waals surface area contributed by atoms with Gasteiger partial charge in [0.15, 0.2) is 0 Å². The predicted octanol–water partition coefficient (Wildman–Crippen LogP) is 9.05. The Labute approximate surface area is 216 Å². The third-order valence-corrected chi connectivity index (χ3v) is 13.8. The van der Waals surface area contributed by atoms with Crippen LogP contribution in [0.4, 0.5) is 5.69 Å². The van der Waals surface area contributed by atoms with Crippen LogP contribution >= 0.6 is 0 Å². The van der Waals surface area contributed by atoms with E-state index in [1.165, 1.54) is 22.3 Å². The van der Waals surface area contributed by atoms with Crippen LogP contribution in [0.2, 0.25) is 16.6 Å². The number of hydrogen-bond donors (Lipinski definition) is 0. The van der Waals surface area contributed by atoms with Crippen molar-refractivity contribution in [3.05, 3.63) is 105 Å². The fourth-order valence-corrected chi connectivity index (χ4v) is 11.4. The van der Waals surface area contributed by atoms with Gasteiger partial charge in [-0.05, 0) is 87.1 Å². The average molecular weight is 500 g/mol. The first kappa shape index (κ1) is 25.9. The Morgan fingerprint density at radius 1 is 0.778 bits per heavy atom. The summed E-state index contributed by atoms with van der Waals surface area (Å²) in [4.78, 5) is 10.9. The average Bonchev–Trinajstić information content (AvgIpc) is 2.86. The number of benzene rings is 3. The third kappa shape index (κ3) is 4.77. The van der Waals surface area contributed by atoms with Crippen molar-refractivity contribution in [3.63, 3.8) is 0 Å². The lowest BCUT2D eigenvalue weighted by atomic mass is 9.79. The molecule has 188 valence electrons. The molecule has 36 heavy (non-hydrogen) atoms. The molecule has 1 aliphatic carbocycles. The number of allylic oxidation sites excluding steroid dienone is 1. The molecule has 0 heterocycles. The molecule has 0 amide bonds. The van der Waals surface area contributed by atoms with Gasteiger partial charge in [-0.25, -0.2) is 0 Å². The monoisotopic (exact) mass is 499 g/mol. The van der Waals surface area contributed by atoms with Crippen molar-refractivity contribution in [1.29, 1.82) is 0 Å². The lowest BCUT2D eigenvalue weighted by Gasteiger charge is -2.42. The second kappa shape index (κ2) is 10.4. The standard InChI is InChI=1S/C31H37NO3Si/c1-21(2)36(22(3)4,23(5)6)35-28-17-19-30-26(20-28)14-18-29(24-10-8-7-9-11-24)31(30)25-12-15-27(16-13-25)32(33)34/h7-13,15-17,19-23H,14,18H2,1-6H3. The molecule has 0 aromatic heterocycles. The summed E-state index contributed by atoms with van der Waals surface area (Å²) in [5.74, 6) is 0.975. The summed E-state index contributed by atoms with van der Waals surface area (Å²) in [5.41, 5.74) is 8.73. The number of non-ortho nitro benzene ring substituents is 1. The molecule has 4 rings (SSSR count). The molecule has 0 bridgehead atoms. The summed E-state index contributed by atoms with van der Waals surface area (Å²) in [6.45, 7) is 13.9. The Morgan fingerprint density at radius 2 is 1.39 bits per heavy atom. The van der Waals surface area contributed by atoms with Gasteiger partial charge in [0.2, 0.25) is 0 Å². The van der Waals surface area contributed by atoms with E-state index in [-0.39, 0.29) is 10.6 Å². The number of hydrogen-bond acceptors (Lipinski definition) is 3. The van der Waals surface area contributed by atoms with E-state index in [1.807, 2.05) is 18.2 Å². The minimum Gasteiger partial charge on any atom is -0.543 e. The molecule has 4 nitrogen and oxygen atoms in total. The van der Waals surface area contributed by atoms with E-state index in [2.05, 4.69) is 84.0 Å². The van der Waals surface area contributed by atoms with Gasteiger partial charge in [-0.1, -0.05) is 77.9 Å². The fraction of sp³-hybridized carbons (Fsp3) is 0.355. The minimum atomic E-state index is -2.05. The third-order valence-electron chi connectivity index (χ3n) is 7.78. The van der Waals surface area contributed by atoms with Gasteiger partial charge in [0.05, 0.1) is 4.92 Å². The van der Waals surface area contributed by atoms with Crippen LogP contribution in [0.15, 0.2) is 72.8 Å². The van der Waals surface area contributed by atoms with E-state index in [4.69, 9.17) is 4.43 Å². The maximum absolute atomic E-state index is 11.3. The second-order valence-corrected chi connectivity index (χ2v) is 16.1. The Bertz CT molecular complexity index is 1240. The normalized spacial score (nSPS) is 13.9. The molecule has 0 aliphatic heterocycles. The molecule has 1 aliphatic rings. The number of nitro benzene ring substituents is 1. The SMILES string of the molecule is CC(C)[Si](Oc1ccc2c(c1)CCC(c1ccccc1)=C2c1ccc([N+](=O)[O-])cc1)(C(C)C)C(C)C. The van der Waals surface area contributed by atoms with Crippen molar-refractivity contribution in [2.75, 3.05) is 0 Å². The zero-order valence-electron chi connectivity index (χ0n) is 22.2. The van der Waals surface area contributed by atoms with Gasteiger partial charge in [0, 0.05) is 12.1 Å². The fourth-order valence-electron chi connectivity index (χ4n) is 6.20. The van der Waals surface area contributed by atoms with Gasteiger partial charge in [0.25, 0.3) is 14.0 Å². The molecule has 0 N–H and O–H groups in total. The van der Waals surface area contributed by atoms with Crippen LogP contribution in [0.5, 0.6) is 5.75 Å². The van der Waals surface area contributed by atoms with E-state index in [0.717, 1.165) is 29.7 Å². The molecule has 0 saturated carbocycles. The summed E-state index contributed by atoms with van der Waals surface area (Å²) in [5, 5.41) is 11.3. The molecule has 0 unspecified atom stereocenters. The minimum absolute atomic E-state index is 0.109. The van der Waals surface area contributed by atoms with Gasteiger partial charge in [-0.15, -0.1) is 0 Å². The first-order valence-corrected chi connectivity index (χ1v) is 15.1. The van der Waals surface area contributed by atoms with E-state index < -0.39 is 8.32 Å². The molecule has 0 saturated heterocycles. The largest absolute Gasteiger partial charge is 0.543 e. The molecule has 5 heteroatoms. The molecule has 3 aromatic carbocycles. The Balaban J connectivity index is 1.83. The first-order chi connectivity index (χ1) is 17.1. The van der Waals surface area contributed by atoms with Crippen LogP contribution in [0.25, 0.3) is 11.1 Å². The van der Waals surface area contributed by atoms with Gasteiger partial charge in [-0.2, -0.15) is 0 Å².